The Morgan fingerprint density at radius 1 is 1.08 bits per heavy atom. The van der Waals surface area contributed by atoms with Crippen LogP contribution in [0.2, 0.25) is 0 Å². The van der Waals surface area contributed by atoms with Crippen molar-refractivity contribution in [2.75, 3.05) is 33.2 Å². The zero-order valence-corrected chi connectivity index (χ0v) is 15.9. The summed E-state index contributed by atoms with van der Waals surface area (Å²) in [6.07, 6.45) is 4.29. The molecule has 3 heteroatoms. The van der Waals surface area contributed by atoms with E-state index in [9.17, 15) is 0 Å². The molecule has 0 saturated carbocycles. The second kappa shape index (κ2) is 10.9. The van der Waals surface area contributed by atoms with Crippen molar-refractivity contribution in [1.82, 2.24) is 9.80 Å². The minimum absolute atomic E-state index is 0.750. The molecule has 1 aromatic rings. The molecule has 0 bridgehead atoms. The highest BCUT2D eigenvalue weighted by atomic mass is 15.2. The molecule has 0 amide bonds. The van der Waals surface area contributed by atoms with Gasteiger partial charge in [0.1, 0.15) is 0 Å². The number of aryl methyl sites for hydroxylation is 1. The quantitative estimate of drug-likeness (QED) is 0.465. The Balaban J connectivity index is 2.61. The van der Waals surface area contributed by atoms with E-state index in [1.807, 2.05) is 0 Å². The summed E-state index contributed by atoms with van der Waals surface area (Å²) < 4.78 is 0. The molecule has 134 valence electrons. The van der Waals surface area contributed by atoms with Crippen LogP contribution in [0.5, 0.6) is 0 Å². The SMILES string of the molecule is C=C(C(=C)N(CCC)CCc1cccc(C)c1)N(C)CCCCN. The molecule has 0 saturated heterocycles. The first-order valence-electron chi connectivity index (χ1n) is 9.09. The highest BCUT2D eigenvalue weighted by Gasteiger charge is 2.13. The summed E-state index contributed by atoms with van der Waals surface area (Å²) in [6, 6.07) is 8.74. The van der Waals surface area contributed by atoms with E-state index in [2.05, 4.69) is 68.1 Å². The minimum Gasteiger partial charge on any atom is -0.373 e. The molecule has 0 fully saturated rings. The van der Waals surface area contributed by atoms with Gasteiger partial charge in [-0.1, -0.05) is 49.9 Å². The third kappa shape index (κ3) is 6.79. The van der Waals surface area contributed by atoms with Gasteiger partial charge in [-0.25, -0.2) is 0 Å². The minimum atomic E-state index is 0.750. The van der Waals surface area contributed by atoms with Crippen molar-refractivity contribution >= 4 is 0 Å². The fourth-order valence-corrected chi connectivity index (χ4v) is 2.81. The van der Waals surface area contributed by atoms with E-state index in [-0.39, 0.29) is 0 Å². The average molecular weight is 330 g/mol. The van der Waals surface area contributed by atoms with Gasteiger partial charge < -0.3 is 15.5 Å². The van der Waals surface area contributed by atoms with Crippen LogP contribution in [0.15, 0.2) is 48.8 Å². The van der Waals surface area contributed by atoms with Crippen molar-refractivity contribution in [3.05, 3.63) is 59.9 Å². The highest BCUT2D eigenvalue weighted by molar-refractivity contribution is 5.25. The van der Waals surface area contributed by atoms with Crippen molar-refractivity contribution in [3.63, 3.8) is 0 Å². The molecule has 3 nitrogen and oxygen atoms in total. The van der Waals surface area contributed by atoms with Crippen molar-refractivity contribution < 1.29 is 0 Å². The maximum atomic E-state index is 5.58. The first kappa shape index (κ1) is 20.3. The largest absolute Gasteiger partial charge is 0.373 e. The van der Waals surface area contributed by atoms with Crippen LogP contribution >= 0.6 is 0 Å². The predicted molar refractivity (Wildman–Crippen MR) is 106 cm³/mol. The molecule has 0 aliphatic rings. The van der Waals surface area contributed by atoms with Crippen LogP contribution in [0.25, 0.3) is 0 Å². The summed E-state index contributed by atoms with van der Waals surface area (Å²) in [5.74, 6) is 0. The van der Waals surface area contributed by atoms with E-state index in [0.717, 1.165) is 63.3 Å². The fraction of sp³-hybridized carbons (Fsp3) is 0.524. The molecule has 0 heterocycles. The van der Waals surface area contributed by atoms with Gasteiger partial charge in [-0.2, -0.15) is 0 Å². The lowest BCUT2D eigenvalue weighted by molar-refractivity contribution is 0.320. The van der Waals surface area contributed by atoms with E-state index < -0.39 is 0 Å². The Labute approximate surface area is 148 Å². The van der Waals surface area contributed by atoms with Crippen LogP contribution in [0.3, 0.4) is 0 Å². The monoisotopic (exact) mass is 329 g/mol. The van der Waals surface area contributed by atoms with Crippen molar-refractivity contribution in [2.24, 2.45) is 5.73 Å². The average Bonchev–Trinajstić information content (AvgIpc) is 2.57. The van der Waals surface area contributed by atoms with Gasteiger partial charge in [0.2, 0.25) is 0 Å². The van der Waals surface area contributed by atoms with E-state index in [0.29, 0.717) is 0 Å². The first-order chi connectivity index (χ1) is 11.5. The second-order valence-corrected chi connectivity index (χ2v) is 6.54. The molecule has 0 spiro atoms. The van der Waals surface area contributed by atoms with Crippen LogP contribution in [-0.4, -0.2) is 43.0 Å². The van der Waals surface area contributed by atoms with Gasteiger partial charge in [0, 0.05) is 26.7 Å². The molecule has 1 rings (SSSR count). The highest BCUT2D eigenvalue weighted by Crippen LogP contribution is 2.17. The van der Waals surface area contributed by atoms with Crippen LogP contribution in [0.4, 0.5) is 0 Å². The number of likely N-dealkylation sites (N-methyl/N-ethyl adjacent to an activating group) is 1. The van der Waals surface area contributed by atoms with Gasteiger partial charge in [-0.05, 0) is 44.7 Å². The predicted octanol–water partition coefficient (Wildman–Crippen LogP) is 3.95. The van der Waals surface area contributed by atoms with E-state index in [1.165, 1.54) is 11.1 Å². The maximum absolute atomic E-state index is 5.58. The molecule has 0 aliphatic heterocycles. The summed E-state index contributed by atoms with van der Waals surface area (Å²) >= 11 is 0. The van der Waals surface area contributed by atoms with Gasteiger partial charge in [0.15, 0.2) is 0 Å². The van der Waals surface area contributed by atoms with Crippen molar-refractivity contribution in [2.45, 2.75) is 39.5 Å². The summed E-state index contributed by atoms with van der Waals surface area (Å²) in [5, 5.41) is 0. The normalized spacial score (nSPS) is 10.5. The molecule has 0 atom stereocenters. The maximum Gasteiger partial charge on any atom is 0.0524 e. The number of benzene rings is 1. The van der Waals surface area contributed by atoms with Crippen LogP contribution in [0.1, 0.15) is 37.3 Å². The summed E-state index contributed by atoms with van der Waals surface area (Å²) in [6.45, 7) is 16.6. The van der Waals surface area contributed by atoms with E-state index in [1.54, 1.807) is 0 Å². The topological polar surface area (TPSA) is 32.5 Å². The second-order valence-electron chi connectivity index (χ2n) is 6.54. The summed E-state index contributed by atoms with van der Waals surface area (Å²) in [5.41, 5.74) is 10.3. The van der Waals surface area contributed by atoms with Crippen LogP contribution in [-0.2, 0) is 6.42 Å². The Hall–Kier alpha value is -1.74. The standard InChI is InChI=1S/C21H35N3/c1-6-14-24(16-12-21-11-9-10-18(2)17-21)20(4)19(3)23(5)15-8-7-13-22/h9-11,17H,3-4,6-8,12-16,22H2,1-2,5H3. The Morgan fingerprint density at radius 2 is 1.83 bits per heavy atom. The van der Waals surface area contributed by atoms with Gasteiger partial charge in [-0.15, -0.1) is 0 Å². The van der Waals surface area contributed by atoms with Crippen LogP contribution in [0, 0.1) is 6.92 Å². The number of hydrogen-bond acceptors (Lipinski definition) is 3. The Bertz CT molecular complexity index is 522. The number of unbranched alkanes of at least 4 members (excludes halogenated alkanes) is 1. The molecule has 0 radical (unpaired) electrons. The number of nitrogens with zero attached hydrogens (tertiary/aromatic N) is 2. The lowest BCUT2D eigenvalue weighted by atomic mass is 10.1. The van der Waals surface area contributed by atoms with Gasteiger partial charge in [-0.3, -0.25) is 0 Å². The van der Waals surface area contributed by atoms with E-state index in [4.69, 9.17) is 5.73 Å². The fourth-order valence-electron chi connectivity index (χ4n) is 2.81. The molecule has 2 N–H and O–H groups in total. The van der Waals surface area contributed by atoms with Gasteiger partial charge >= 0.3 is 0 Å². The summed E-state index contributed by atoms with van der Waals surface area (Å²) in [7, 11) is 2.09. The number of hydrogen-bond donors (Lipinski definition) is 1. The molecule has 0 aliphatic carbocycles. The third-order valence-corrected chi connectivity index (χ3v) is 4.37. The molecular weight excluding hydrogens is 294 g/mol. The lowest BCUT2D eigenvalue weighted by Crippen LogP contribution is -2.31. The van der Waals surface area contributed by atoms with Gasteiger partial charge in [0.25, 0.3) is 0 Å². The molecule has 0 unspecified atom stereocenters. The van der Waals surface area contributed by atoms with Gasteiger partial charge in [0.05, 0.1) is 11.4 Å². The van der Waals surface area contributed by atoms with E-state index >= 15 is 0 Å². The van der Waals surface area contributed by atoms with Crippen LogP contribution < -0.4 is 5.73 Å². The summed E-state index contributed by atoms with van der Waals surface area (Å²) in [4.78, 5) is 4.57. The zero-order valence-electron chi connectivity index (χ0n) is 15.9. The molecular formula is C21H35N3. The third-order valence-electron chi connectivity index (χ3n) is 4.37. The number of rotatable bonds is 12. The lowest BCUT2D eigenvalue weighted by Gasteiger charge is -2.32. The molecule has 1 aromatic carbocycles. The zero-order chi connectivity index (χ0) is 17.9. The first-order valence-corrected chi connectivity index (χ1v) is 9.09. The number of nitrogens with two attached hydrogens (primary N) is 1. The Kier molecular flexibility index (Phi) is 9.24. The Morgan fingerprint density at radius 3 is 2.46 bits per heavy atom. The smallest absolute Gasteiger partial charge is 0.0524 e. The van der Waals surface area contributed by atoms with Crippen molar-refractivity contribution in [1.29, 1.82) is 0 Å². The molecule has 0 aromatic heterocycles. The van der Waals surface area contributed by atoms with Crippen molar-refractivity contribution in [3.8, 4) is 0 Å². The molecule has 24 heavy (non-hydrogen) atoms.